The predicted molar refractivity (Wildman–Crippen MR) is 130 cm³/mol. The van der Waals surface area contributed by atoms with Crippen LogP contribution in [0.3, 0.4) is 0 Å². The number of rotatable bonds is 11. The molecule has 0 saturated heterocycles. The van der Waals surface area contributed by atoms with Crippen LogP contribution in [-0.4, -0.2) is 42.3 Å². The summed E-state index contributed by atoms with van der Waals surface area (Å²) in [7, 11) is 0. The summed E-state index contributed by atoms with van der Waals surface area (Å²) in [5, 5.41) is 14.5. The van der Waals surface area contributed by atoms with Gasteiger partial charge in [0.15, 0.2) is 0 Å². The van der Waals surface area contributed by atoms with Crippen LogP contribution < -0.4 is 10.6 Å². The molecule has 3 rings (SSSR count). The number of aliphatic carboxylic acids is 1. The SMILES string of the molecule is C=CCCC(NC(=O)OCC1c2ccccc2-c2ccccc21)C(=O)NCC(C)(C)CC(=O)O. The molecule has 3 N–H and O–H groups in total. The average Bonchev–Trinajstić information content (AvgIpc) is 3.12. The molecule has 180 valence electrons. The lowest BCUT2D eigenvalue weighted by atomic mass is 9.89. The summed E-state index contributed by atoms with van der Waals surface area (Å²) in [5.41, 5.74) is 3.88. The zero-order valence-corrected chi connectivity index (χ0v) is 19.7. The molecule has 0 fully saturated rings. The highest BCUT2D eigenvalue weighted by Crippen LogP contribution is 2.44. The maximum Gasteiger partial charge on any atom is 0.407 e. The molecule has 0 bridgehead atoms. The summed E-state index contributed by atoms with van der Waals surface area (Å²) in [4.78, 5) is 36.4. The Morgan fingerprint density at radius 2 is 1.68 bits per heavy atom. The van der Waals surface area contributed by atoms with Crippen LogP contribution in [0, 0.1) is 5.41 Å². The van der Waals surface area contributed by atoms with E-state index in [1.807, 2.05) is 36.4 Å². The van der Waals surface area contributed by atoms with E-state index in [-0.39, 0.29) is 31.4 Å². The van der Waals surface area contributed by atoms with E-state index in [4.69, 9.17) is 9.84 Å². The lowest BCUT2D eigenvalue weighted by Gasteiger charge is -2.25. The number of carbonyl (C=O) groups is 3. The van der Waals surface area contributed by atoms with Gasteiger partial charge in [-0.15, -0.1) is 6.58 Å². The number of benzene rings is 2. The van der Waals surface area contributed by atoms with Gasteiger partial charge >= 0.3 is 12.1 Å². The zero-order valence-electron chi connectivity index (χ0n) is 19.7. The van der Waals surface area contributed by atoms with Gasteiger partial charge in [0.25, 0.3) is 0 Å². The molecule has 0 spiro atoms. The number of amides is 2. The lowest BCUT2D eigenvalue weighted by Crippen LogP contribution is -2.49. The second-order valence-corrected chi connectivity index (χ2v) is 9.34. The minimum Gasteiger partial charge on any atom is -0.481 e. The third-order valence-corrected chi connectivity index (χ3v) is 5.98. The van der Waals surface area contributed by atoms with Gasteiger partial charge in [-0.1, -0.05) is 68.5 Å². The van der Waals surface area contributed by atoms with E-state index in [1.54, 1.807) is 19.9 Å². The first-order chi connectivity index (χ1) is 16.2. The summed E-state index contributed by atoms with van der Waals surface area (Å²) >= 11 is 0. The molecule has 0 heterocycles. The highest BCUT2D eigenvalue weighted by atomic mass is 16.5. The molecule has 2 aromatic rings. The molecule has 1 atom stereocenters. The minimum atomic E-state index is -0.931. The Morgan fingerprint density at radius 1 is 1.09 bits per heavy atom. The number of carboxylic acid groups (broad SMARTS) is 1. The summed E-state index contributed by atoms with van der Waals surface area (Å²) in [6, 6.07) is 15.3. The van der Waals surface area contributed by atoms with Crippen molar-refractivity contribution in [3.8, 4) is 11.1 Å². The first-order valence-corrected chi connectivity index (χ1v) is 11.4. The van der Waals surface area contributed by atoms with Crippen LogP contribution in [-0.2, 0) is 14.3 Å². The van der Waals surface area contributed by atoms with E-state index in [0.717, 1.165) is 22.3 Å². The maximum absolute atomic E-state index is 12.7. The van der Waals surface area contributed by atoms with Crippen LogP contribution in [0.25, 0.3) is 11.1 Å². The highest BCUT2D eigenvalue weighted by molar-refractivity contribution is 5.86. The molecule has 0 radical (unpaired) electrons. The third kappa shape index (κ3) is 6.25. The second-order valence-electron chi connectivity index (χ2n) is 9.34. The standard InChI is InChI=1S/C27H32N2O5/c1-4-5-14-23(25(32)28-17-27(2,3)15-24(30)31)29-26(33)34-16-22-20-12-8-6-10-18(20)19-11-7-9-13-21(19)22/h4,6-13,22-23H,1,5,14-17H2,2-3H3,(H,28,32)(H,29,33)(H,30,31). The minimum absolute atomic E-state index is 0.0737. The van der Waals surface area contributed by atoms with Gasteiger partial charge in [-0.3, -0.25) is 9.59 Å². The average molecular weight is 465 g/mol. The van der Waals surface area contributed by atoms with Crippen LogP contribution in [0.15, 0.2) is 61.2 Å². The van der Waals surface area contributed by atoms with Gasteiger partial charge in [-0.25, -0.2) is 4.79 Å². The zero-order chi connectivity index (χ0) is 24.7. The summed E-state index contributed by atoms with van der Waals surface area (Å²) < 4.78 is 5.56. The molecule has 7 nitrogen and oxygen atoms in total. The van der Waals surface area contributed by atoms with Crippen LogP contribution in [0.1, 0.15) is 50.2 Å². The molecule has 7 heteroatoms. The van der Waals surface area contributed by atoms with Gasteiger partial charge in [0.2, 0.25) is 5.91 Å². The van der Waals surface area contributed by atoms with E-state index in [9.17, 15) is 14.4 Å². The largest absolute Gasteiger partial charge is 0.481 e. The number of alkyl carbamates (subject to hydrolysis) is 1. The van der Waals surface area contributed by atoms with E-state index in [0.29, 0.717) is 12.8 Å². The monoisotopic (exact) mass is 464 g/mol. The third-order valence-electron chi connectivity index (χ3n) is 5.98. The Morgan fingerprint density at radius 3 is 2.24 bits per heavy atom. The number of carboxylic acids is 1. The van der Waals surface area contributed by atoms with Gasteiger partial charge in [-0.05, 0) is 40.5 Å². The van der Waals surface area contributed by atoms with Crippen LogP contribution in [0.4, 0.5) is 4.79 Å². The molecule has 1 aliphatic carbocycles. The van der Waals surface area contributed by atoms with Crippen molar-refractivity contribution in [3.63, 3.8) is 0 Å². The van der Waals surface area contributed by atoms with Crippen molar-refractivity contribution in [1.29, 1.82) is 0 Å². The van der Waals surface area contributed by atoms with Crippen LogP contribution in [0.5, 0.6) is 0 Å². The van der Waals surface area contributed by atoms with E-state index in [2.05, 4.69) is 29.3 Å². The molecule has 0 saturated carbocycles. The van der Waals surface area contributed by atoms with Gasteiger partial charge in [-0.2, -0.15) is 0 Å². The Balaban J connectivity index is 1.61. The summed E-state index contributed by atoms with van der Waals surface area (Å²) in [5.74, 6) is -1.39. The van der Waals surface area contributed by atoms with Crippen LogP contribution >= 0.6 is 0 Å². The number of hydrogen-bond acceptors (Lipinski definition) is 4. The second kappa shape index (κ2) is 11.0. The van der Waals surface area contributed by atoms with Crippen molar-refractivity contribution in [2.45, 2.75) is 45.1 Å². The molecule has 1 aliphatic rings. The Kier molecular flexibility index (Phi) is 8.10. The molecular weight excluding hydrogens is 432 g/mol. The molecule has 0 aliphatic heterocycles. The Hall–Kier alpha value is -3.61. The van der Waals surface area contributed by atoms with E-state index in [1.165, 1.54) is 0 Å². The number of ether oxygens (including phenoxy) is 1. The van der Waals surface area contributed by atoms with E-state index >= 15 is 0 Å². The number of hydrogen-bond donors (Lipinski definition) is 3. The molecule has 2 amide bonds. The smallest absolute Gasteiger partial charge is 0.407 e. The number of carbonyl (C=O) groups excluding carboxylic acids is 2. The Labute approximate surface area is 200 Å². The fraction of sp³-hybridized carbons (Fsp3) is 0.370. The van der Waals surface area contributed by atoms with Crippen molar-refractivity contribution in [2.24, 2.45) is 5.41 Å². The molecule has 34 heavy (non-hydrogen) atoms. The maximum atomic E-state index is 12.7. The number of allylic oxidation sites excluding steroid dienone is 1. The predicted octanol–water partition coefficient (Wildman–Crippen LogP) is 4.48. The molecule has 1 unspecified atom stereocenters. The molecule has 2 aromatic carbocycles. The molecule has 0 aromatic heterocycles. The van der Waals surface area contributed by atoms with Gasteiger partial charge in [0, 0.05) is 12.5 Å². The van der Waals surface area contributed by atoms with Gasteiger partial charge < -0.3 is 20.5 Å². The number of fused-ring (bicyclic) bond motifs is 3. The van der Waals surface area contributed by atoms with Crippen molar-refractivity contribution >= 4 is 18.0 Å². The fourth-order valence-electron chi connectivity index (χ4n) is 4.26. The van der Waals surface area contributed by atoms with Crippen molar-refractivity contribution in [3.05, 3.63) is 72.3 Å². The topological polar surface area (TPSA) is 105 Å². The fourth-order valence-corrected chi connectivity index (χ4v) is 4.26. The normalized spacial score (nSPS) is 13.4. The quantitative estimate of drug-likeness (QED) is 0.426. The lowest BCUT2D eigenvalue weighted by molar-refractivity contribution is -0.139. The summed E-state index contributed by atoms with van der Waals surface area (Å²) in [6.45, 7) is 7.54. The molecular formula is C27H32N2O5. The van der Waals surface area contributed by atoms with Gasteiger partial charge in [0.1, 0.15) is 12.6 Å². The number of nitrogens with one attached hydrogen (secondary N) is 2. The van der Waals surface area contributed by atoms with E-state index < -0.39 is 23.5 Å². The van der Waals surface area contributed by atoms with Crippen LogP contribution in [0.2, 0.25) is 0 Å². The highest BCUT2D eigenvalue weighted by Gasteiger charge is 2.30. The van der Waals surface area contributed by atoms with Crippen molar-refractivity contribution in [1.82, 2.24) is 10.6 Å². The summed E-state index contributed by atoms with van der Waals surface area (Å²) in [6.07, 6.45) is 1.81. The first-order valence-electron chi connectivity index (χ1n) is 11.4. The van der Waals surface area contributed by atoms with Crippen molar-refractivity contribution in [2.75, 3.05) is 13.2 Å². The van der Waals surface area contributed by atoms with Crippen molar-refractivity contribution < 1.29 is 24.2 Å². The Bertz CT molecular complexity index is 1020. The first kappa shape index (κ1) is 25.0. The van der Waals surface area contributed by atoms with Gasteiger partial charge in [0.05, 0.1) is 6.42 Å².